The Morgan fingerprint density at radius 3 is 2.85 bits per heavy atom. The summed E-state index contributed by atoms with van der Waals surface area (Å²) in [6.45, 7) is 2.43. The predicted octanol–water partition coefficient (Wildman–Crippen LogP) is 2.66. The minimum absolute atomic E-state index is 0.0356. The number of halogens is 2. The summed E-state index contributed by atoms with van der Waals surface area (Å²) >= 11 is 11.8. The van der Waals surface area contributed by atoms with Gasteiger partial charge in [0.1, 0.15) is 4.90 Å². The lowest BCUT2D eigenvalue weighted by molar-refractivity contribution is 0.358. The van der Waals surface area contributed by atoms with Crippen LogP contribution in [0.4, 0.5) is 0 Å². The molecule has 0 bridgehead atoms. The van der Waals surface area contributed by atoms with Crippen LogP contribution in [0.1, 0.15) is 19.3 Å². The van der Waals surface area contributed by atoms with Crippen LogP contribution < -0.4 is 10.0 Å². The van der Waals surface area contributed by atoms with Gasteiger partial charge in [-0.05, 0) is 50.4 Å². The van der Waals surface area contributed by atoms with E-state index in [0.717, 1.165) is 32.4 Å². The number of nitrogens with one attached hydrogen (secondary N) is 2. The molecule has 1 aromatic rings. The minimum Gasteiger partial charge on any atom is -0.316 e. The summed E-state index contributed by atoms with van der Waals surface area (Å²) in [5, 5.41) is 3.63. The van der Waals surface area contributed by atoms with Gasteiger partial charge >= 0.3 is 0 Å². The molecule has 0 saturated carbocycles. The van der Waals surface area contributed by atoms with E-state index in [1.165, 1.54) is 6.07 Å². The van der Waals surface area contributed by atoms with Crippen LogP contribution in [0, 0.1) is 5.92 Å². The SMILES string of the molecule is O=S(=O)(NCCC1CCCNC1)c1cccc(Cl)c1Cl. The van der Waals surface area contributed by atoms with Crippen LogP contribution in [-0.4, -0.2) is 28.1 Å². The first kappa shape index (κ1) is 16.0. The van der Waals surface area contributed by atoms with E-state index in [0.29, 0.717) is 12.5 Å². The maximum absolute atomic E-state index is 12.2. The highest BCUT2D eigenvalue weighted by molar-refractivity contribution is 7.89. The van der Waals surface area contributed by atoms with Gasteiger partial charge in [0.25, 0.3) is 0 Å². The smallest absolute Gasteiger partial charge is 0.242 e. The molecule has 0 spiro atoms. The van der Waals surface area contributed by atoms with E-state index in [1.54, 1.807) is 12.1 Å². The lowest BCUT2D eigenvalue weighted by Crippen LogP contribution is -2.33. The van der Waals surface area contributed by atoms with Gasteiger partial charge in [0, 0.05) is 6.54 Å². The Hall–Kier alpha value is -0.330. The highest BCUT2D eigenvalue weighted by Crippen LogP contribution is 2.28. The van der Waals surface area contributed by atoms with Crippen molar-refractivity contribution in [3.05, 3.63) is 28.2 Å². The number of piperidine rings is 1. The fourth-order valence-electron chi connectivity index (χ4n) is 2.34. The lowest BCUT2D eigenvalue weighted by Gasteiger charge is -2.22. The number of benzene rings is 1. The van der Waals surface area contributed by atoms with Gasteiger partial charge in [-0.1, -0.05) is 29.3 Å². The molecule has 0 aliphatic carbocycles. The summed E-state index contributed by atoms with van der Waals surface area (Å²) in [5.74, 6) is 0.529. The van der Waals surface area contributed by atoms with Gasteiger partial charge < -0.3 is 5.32 Å². The molecule has 0 aromatic heterocycles. The van der Waals surface area contributed by atoms with E-state index < -0.39 is 10.0 Å². The molecule has 2 rings (SSSR count). The number of hydrogen-bond donors (Lipinski definition) is 2. The maximum atomic E-state index is 12.2. The Morgan fingerprint density at radius 1 is 1.35 bits per heavy atom. The summed E-state index contributed by atoms with van der Waals surface area (Å²) in [5.41, 5.74) is 0. The zero-order chi connectivity index (χ0) is 14.6. The zero-order valence-electron chi connectivity index (χ0n) is 11.0. The van der Waals surface area contributed by atoms with Crippen LogP contribution in [0.25, 0.3) is 0 Å². The Bertz CT molecular complexity index is 557. The molecule has 4 nitrogen and oxygen atoms in total. The van der Waals surface area contributed by atoms with Crippen molar-refractivity contribution in [2.24, 2.45) is 5.92 Å². The molecule has 1 aliphatic rings. The van der Waals surface area contributed by atoms with Crippen molar-refractivity contribution < 1.29 is 8.42 Å². The van der Waals surface area contributed by atoms with Gasteiger partial charge in [-0.3, -0.25) is 0 Å². The van der Waals surface area contributed by atoms with Gasteiger partial charge in [0.2, 0.25) is 10.0 Å². The van der Waals surface area contributed by atoms with Crippen LogP contribution in [0.3, 0.4) is 0 Å². The largest absolute Gasteiger partial charge is 0.316 e. The molecule has 0 amide bonds. The van der Waals surface area contributed by atoms with E-state index >= 15 is 0 Å². The van der Waals surface area contributed by atoms with Crippen molar-refractivity contribution in [2.75, 3.05) is 19.6 Å². The van der Waals surface area contributed by atoms with Gasteiger partial charge in [-0.25, -0.2) is 13.1 Å². The molecule has 112 valence electrons. The van der Waals surface area contributed by atoms with E-state index in [2.05, 4.69) is 10.0 Å². The molecule has 1 fully saturated rings. The fourth-order valence-corrected chi connectivity index (χ4v) is 4.14. The summed E-state index contributed by atoms with van der Waals surface area (Å²) in [7, 11) is -3.60. The summed E-state index contributed by atoms with van der Waals surface area (Å²) in [4.78, 5) is 0.0356. The van der Waals surface area contributed by atoms with Crippen molar-refractivity contribution in [3.63, 3.8) is 0 Å². The van der Waals surface area contributed by atoms with E-state index in [1.807, 2.05) is 0 Å². The van der Waals surface area contributed by atoms with E-state index in [9.17, 15) is 8.42 Å². The third kappa shape index (κ3) is 4.09. The first-order valence-electron chi connectivity index (χ1n) is 6.65. The van der Waals surface area contributed by atoms with Gasteiger partial charge in [-0.2, -0.15) is 0 Å². The van der Waals surface area contributed by atoms with Crippen molar-refractivity contribution in [1.82, 2.24) is 10.0 Å². The predicted molar refractivity (Wildman–Crippen MR) is 81.9 cm³/mol. The molecule has 1 unspecified atom stereocenters. The maximum Gasteiger partial charge on any atom is 0.242 e. The van der Waals surface area contributed by atoms with Crippen molar-refractivity contribution in [2.45, 2.75) is 24.2 Å². The Balaban J connectivity index is 1.95. The number of rotatable bonds is 5. The second-order valence-corrected chi connectivity index (χ2v) is 7.47. The molecular weight excluding hydrogens is 319 g/mol. The first-order valence-corrected chi connectivity index (χ1v) is 8.89. The van der Waals surface area contributed by atoms with E-state index in [4.69, 9.17) is 23.2 Å². The molecule has 1 heterocycles. The van der Waals surface area contributed by atoms with Gasteiger partial charge in [-0.15, -0.1) is 0 Å². The summed E-state index contributed by atoms with van der Waals surface area (Å²) in [6.07, 6.45) is 3.12. The molecule has 1 atom stereocenters. The highest BCUT2D eigenvalue weighted by atomic mass is 35.5. The molecular formula is C13H18Cl2N2O2S. The van der Waals surface area contributed by atoms with E-state index in [-0.39, 0.29) is 14.9 Å². The average molecular weight is 337 g/mol. The summed E-state index contributed by atoms with van der Waals surface area (Å²) < 4.78 is 26.9. The quantitative estimate of drug-likeness (QED) is 0.868. The minimum atomic E-state index is -3.60. The van der Waals surface area contributed by atoms with Crippen molar-refractivity contribution in [3.8, 4) is 0 Å². The Labute approximate surface area is 129 Å². The Morgan fingerprint density at radius 2 is 2.15 bits per heavy atom. The highest BCUT2D eigenvalue weighted by Gasteiger charge is 2.20. The van der Waals surface area contributed by atoms with Crippen LogP contribution in [-0.2, 0) is 10.0 Å². The molecule has 1 aliphatic heterocycles. The lowest BCUT2D eigenvalue weighted by atomic mass is 9.96. The van der Waals surface area contributed by atoms with Crippen LogP contribution in [0.5, 0.6) is 0 Å². The molecule has 1 saturated heterocycles. The third-order valence-corrected chi connectivity index (χ3v) is 5.88. The fraction of sp³-hybridized carbons (Fsp3) is 0.538. The monoisotopic (exact) mass is 336 g/mol. The standard InChI is InChI=1S/C13H18Cl2N2O2S/c14-11-4-1-5-12(13(11)15)20(18,19)17-8-6-10-3-2-7-16-9-10/h1,4-5,10,16-17H,2-3,6-9H2. The third-order valence-electron chi connectivity index (χ3n) is 3.45. The Kier molecular flexibility index (Phi) is 5.69. The molecule has 0 radical (unpaired) electrons. The topological polar surface area (TPSA) is 58.2 Å². The number of hydrogen-bond acceptors (Lipinski definition) is 3. The average Bonchev–Trinajstić information content (AvgIpc) is 2.42. The summed E-state index contributed by atoms with van der Waals surface area (Å²) in [6, 6.07) is 4.60. The van der Waals surface area contributed by atoms with Crippen molar-refractivity contribution >= 4 is 33.2 Å². The van der Waals surface area contributed by atoms with Crippen LogP contribution in [0.15, 0.2) is 23.1 Å². The van der Waals surface area contributed by atoms with Crippen LogP contribution >= 0.6 is 23.2 Å². The second kappa shape index (κ2) is 7.09. The van der Waals surface area contributed by atoms with Gasteiger partial charge in [0.05, 0.1) is 10.0 Å². The van der Waals surface area contributed by atoms with Gasteiger partial charge in [0.15, 0.2) is 0 Å². The molecule has 7 heteroatoms. The molecule has 1 aromatic carbocycles. The first-order chi connectivity index (χ1) is 9.50. The zero-order valence-corrected chi connectivity index (χ0v) is 13.4. The number of sulfonamides is 1. The molecule has 2 N–H and O–H groups in total. The van der Waals surface area contributed by atoms with Crippen molar-refractivity contribution in [1.29, 1.82) is 0 Å². The van der Waals surface area contributed by atoms with Crippen LogP contribution in [0.2, 0.25) is 10.0 Å². The second-order valence-electron chi connectivity index (χ2n) is 4.95. The normalized spacial score (nSPS) is 20.0. The molecule has 20 heavy (non-hydrogen) atoms.